The molecule has 0 bridgehead atoms. The number of nitrogens with zero attached hydrogens (tertiary/aromatic N) is 1. The van der Waals surface area contributed by atoms with Crippen LogP contribution < -0.4 is 0 Å². The summed E-state index contributed by atoms with van der Waals surface area (Å²) in [6, 6.07) is 0. The van der Waals surface area contributed by atoms with Gasteiger partial charge >= 0.3 is 6.18 Å². The van der Waals surface area contributed by atoms with Gasteiger partial charge in [-0.2, -0.15) is 13.2 Å². The van der Waals surface area contributed by atoms with Crippen molar-refractivity contribution in [2.75, 3.05) is 6.61 Å². The minimum absolute atomic E-state index is 0.146. The molecule has 0 saturated carbocycles. The molecule has 0 fully saturated rings. The van der Waals surface area contributed by atoms with E-state index in [9.17, 15) is 18.3 Å². The first-order valence-corrected chi connectivity index (χ1v) is 6.12. The number of aliphatic hydroxyl groups is 1. The predicted molar refractivity (Wildman–Crippen MR) is 66.8 cm³/mol. The van der Waals surface area contributed by atoms with E-state index in [0.717, 1.165) is 12.8 Å². The van der Waals surface area contributed by atoms with Crippen molar-refractivity contribution >= 4 is 6.72 Å². The van der Waals surface area contributed by atoms with Crippen LogP contribution >= 0.6 is 0 Å². The second-order valence-electron chi connectivity index (χ2n) is 4.42. The van der Waals surface area contributed by atoms with Crippen LogP contribution in [0.15, 0.2) is 28.6 Å². The van der Waals surface area contributed by atoms with Gasteiger partial charge in [-0.05, 0) is 26.0 Å². The van der Waals surface area contributed by atoms with Gasteiger partial charge in [0.2, 0.25) is 0 Å². The number of aliphatic imine (C=N–C) groups is 1. The molecule has 0 aromatic heterocycles. The number of ether oxygens (including phenoxy) is 1. The molecular formula is C13H18F3NO2. The first kappa shape index (κ1) is 15.8. The van der Waals surface area contributed by atoms with Gasteiger partial charge in [0.1, 0.15) is 5.76 Å². The highest BCUT2D eigenvalue weighted by molar-refractivity contribution is 5.38. The van der Waals surface area contributed by atoms with Crippen molar-refractivity contribution in [1.82, 2.24) is 0 Å². The molecule has 108 valence electrons. The highest BCUT2D eigenvalue weighted by Crippen LogP contribution is 2.30. The van der Waals surface area contributed by atoms with Crippen LogP contribution in [0.2, 0.25) is 0 Å². The summed E-state index contributed by atoms with van der Waals surface area (Å²) in [6.45, 7) is 6.53. The third kappa shape index (κ3) is 5.06. The first-order chi connectivity index (χ1) is 8.85. The SMILES string of the molecule is C=NC1=C(C(=C)OCCC(F)(F)F)CCCCC1O. The minimum Gasteiger partial charge on any atom is -0.494 e. The van der Waals surface area contributed by atoms with E-state index in [2.05, 4.69) is 18.3 Å². The van der Waals surface area contributed by atoms with Crippen LogP contribution in [0, 0.1) is 0 Å². The number of halogens is 3. The summed E-state index contributed by atoms with van der Waals surface area (Å²) in [5.41, 5.74) is 0.941. The zero-order valence-electron chi connectivity index (χ0n) is 10.7. The van der Waals surface area contributed by atoms with E-state index in [0.29, 0.717) is 24.1 Å². The Hall–Kier alpha value is -1.30. The van der Waals surface area contributed by atoms with Gasteiger partial charge in [0.25, 0.3) is 0 Å². The van der Waals surface area contributed by atoms with Gasteiger partial charge in [0.05, 0.1) is 24.8 Å². The molecule has 0 radical (unpaired) electrons. The van der Waals surface area contributed by atoms with Gasteiger partial charge in [-0.25, -0.2) is 0 Å². The van der Waals surface area contributed by atoms with E-state index in [1.54, 1.807) is 0 Å². The summed E-state index contributed by atoms with van der Waals surface area (Å²) in [7, 11) is 0. The van der Waals surface area contributed by atoms with Crippen LogP contribution in [-0.4, -0.2) is 30.7 Å². The summed E-state index contributed by atoms with van der Waals surface area (Å²) < 4.78 is 41.1. The zero-order chi connectivity index (χ0) is 14.5. The Balaban J connectivity index is 2.69. The molecule has 1 unspecified atom stereocenters. The second kappa shape index (κ2) is 6.75. The van der Waals surface area contributed by atoms with E-state index in [-0.39, 0.29) is 5.76 Å². The van der Waals surface area contributed by atoms with Crippen molar-refractivity contribution in [2.45, 2.75) is 44.4 Å². The van der Waals surface area contributed by atoms with Crippen molar-refractivity contribution < 1.29 is 23.0 Å². The van der Waals surface area contributed by atoms with E-state index < -0.39 is 25.3 Å². The lowest BCUT2D eigenvalue weighted by Crippen LogP contribution is -2.13. The van der Waals surface area contributed by atoms with Gasteiger partial charge in [0, 0.05) is 5.57 Å². The summed E-state index contributed by atoms with van der Waals surface area (Å²) in [4.78, 5) is 3.76. The fourth-order valence-electron chi connectivity index (χ4n) is 1.97. The van der Waals surface area contributed by atoms with Crippen molar-refractivity contribution in [1.29, 1.82) is 0 Å². The Morgan fingerprint density at radius 1 is 1.42 bits per heavy atom. The number of alkyl halides is 3. The lowest BCUT2D eigenvalue weighted by atomic mass is 10.1. The largest absolute Gasteiger partial charge is 0.494 e. The molecule has 1 aliphatic rings. The van der Waals surface area contributed by atoms with Crippen LogP contribution in [0.5, 0.6) is 0 Å². The summed E-state index contributed by atoms with van der Waals surface area (Å²) in [5, 5.41) is 9.85. The molecule has 0 saturated heterocycles. The smallest absolute Gasteiger partial charge is 0.392 e. The van der Waals surface area contributed by atoms with Crippen molar-refractivity contribution in [3.8, 4) is 0 Å². The zero-order valence-corrected chi connectivity index (χ0v) is 10.7. The maximum Gasteiger partial charge on any atom is 0.392 e. The standard InChI is InChI=1S/C13H18F3NO2/c1-9(19-8-7-13(14,15)16)10-5-3-4-6-11(18)12(10)17-2/h11,18H,1-8H2. The van der Waals surface area contributed by atoms with Gasteiger partial charge in [-0.1, -0.05) is 13.0 Å². The second-order valence-corrected chi connectivity index (χ2v) is 4.42. The molecule has 19 heavy (non-hydrogen) atoms. The molecule has 6 heteroatoms. The number of rotatable bonds is 5. The highest BCUT2D eigenvalue weighted by Gasteiger charge is 2.27. The highest BCUT2D eigenvalue weighted by atomic mass is 19.4. The molecule has 1 atom stereocenters. The maximum absolute atomic E-state index is 12.0. The van der Waals surface area contributed by atoms with Crippen LogP contribution in [-0.2, 0) is 4.74 Å². The first-order valence-electron chi connectivity index (χ1n) is 6.12. The average molecular weight is 277 g/mol. The lowest BCUT2D eigenvalue weighted by Gasteiger charge is -2.16. The normalized spacial score (nSPS) is 20.9. The van der Waals surface area contributed by atoms with Crippen molar-refractivity contribution in [3.63, 3.8) is 0 Å². The number of hydrogen-bond donors (Lipinski definition) is 1. The average Bonchev–Trinajstić information content (AvgIpc) is 2.48. The topological polar surface area (TPSA) is 41.8 Å². The predicted octanol–water partition coefficient (Wildman–Crippen LogP) is 3.36. The van der Waals surface area contributed by atoms with Crippen molar-refractivity contribution in [2.24, 2.45) is 4.99 Å². The van der Waals surface area contributed by atoms with E-state index >= 15 is 0 Å². The van der Waals surface area contributed by atoms with Gasteiger partial charge in [-0.15, -0.1) is 0 Å². The fourth-order valence-corrected chi connectivity index (χ4v) is 1.97. The maximum atomic E-state index is 12.0. The summed E-state index contributed by atoms with van der Waals surface area (Å²) in [6.07, 6.45) is -3.26. The molecule has 0 aromatic carbocycles. The quantitative estimate of drug-likeness (QED) is 0.618. The van der Waals surface area contributed by atoms with Gasteiger partial charge in [0.15, 0.2) is 0 Å². The van der Waals surface area contributed by atoms with Crippen LogP contribution in [0.3, 0.4) is 0 Å². The molecule has 3 nitrogen and oxygen atoms in total. The Kier molecular flexibility index (Phi) is 5.60. The number of aliphatic hydroxyl groups excluding tert-OH is 1. The van der Waals surface area contributed by atoms with Gasteiger partial charge in [-0.3, -0.25) is 4.99 Å². The molecule has 0 heterocycles. The molecule has 1 aliphatic carbocycles. The Morgan fingerprint density at radius 2 is 2.11 bits per heavy atom. The van der Waals surface area contributed by atoms with E-state index in [1.165, 1.54) is 0 Å². The lowest BCUT2D eigenvalue weighted by molar-refractivity contribution is -0.142. The third-order valence-electron chi connectivity index (χ3n) is 2.95. The van der Waals surface area contributed by atoms with Crippen LogP contribution in [0.4, 0.5) is 13.2 Å². The Morgan fingerprint density at radius 3 is 2.68 bits per heavy atom. The molecule has 0 aliphatic heterocycles. The Bertz CT molecular complexity index is 375. The minimum atomic E-state index is -4.25. The number of allylic oxidation sites excluding steroid dienone is 1. The monoisotopic (exact) mass is 277 g/mol. The Labute approximate surface area is 110 Å². The third-order valence-corrected chi connectivity index (χ3v) is 2.95. The molecule has 0 amide bonds. The van der Waals surface area contributed by atoms with Crippen molar-refractivity contribution in [3.05, 3.63) is 23.6 Å². The van der Waals surface area contributed by atoms with Gasteiger partial charge < -0.3 is 9.84 Å². The van der Waals surface area contributed by atoms with E-state index in [1.807, 2.05) is 0 Å². The molecule has 0 spiro atoms. The van der Waals surface area contributed by atoms with Crippen LogP contribution in [0.1, 0.15) is 32.1 Å². The molecule has 1 N–H and O–H groups in total. The molecule has 1 rings (SSSR count). The molecular weight excluding hydrogens is 259 g/mol. The fraction of sp³-hybridized carbons (Fsp3) is 0.615. The van der Waals surface area contributed by atoms with Crippen LogP contribution in [0.25, 0.3) is 0 Å². The number of hydrogen-bond acceptors (Lipinski definition) is 3. The summed E-state index contributed by atoms with van der Waals surface area (Å²) in [5.74, 6) is 0.146. The van der Waals surface area contributed by atoms with E-state index in [4.69, 9.17) is 4.74 Å². The summed E-state index contributed by atoms with van der Waals surface area (Å²) >= 11 is 0. The molecule has 0 aromatic rings.